The third-order valence-electron chi connectivity index (χ3n) is 4.55. The monoisotopic (exact) mass is 294 g/mol. The van der Waals surface area contributed by atoms with Crippen LogP contribution in [0.5, 0.6) is 0 Å². The summed E-state index contributed by atoms with van der Waals surface area (Å²) >= 11 is 0. The molecule has 1 aliphatic rings. The highest BCUT2D eigenvalue weighted by molar-refractivity contribution is 5.86. The van der Waals surface area contributed by atoms with Gasteiger partial charge in [-0.15, -0.1) is 0 Å². The summed E-state index contributed by atoms with van der Waals surface area (Å²) in [7, 11) is 3.89. The number of hydrogen-bond donors (Lipinski definition) is 0. The molecule has 1 amide bonds. The standard InChI is InChI=1S/C17H18N4O/c1-19-8-5-12-11-13(3-4-14(12)19)16-18-7-10-21(16)15-6-9-20(2)17(15)22/h3-5,7-8,10-11,15H,6,9H2,1-2H3. The summed E-state index contributed by atoms with van der Waals surface area (Å²) < 4.78 is 4.11. The molecule has 1 aliphatic heterocycles. The Morgan fingerprint density at radius 2 is 2.05 bits per heavy atom. The molecule has 1 unspecified atom stereocenters. The van der Waals surface area contributed by atoms with Crippen molar-refractivity contribution in [3.8, 4) is 11.4 Å². The fourth-order valence-corrected chi connectivity index (χ4v) is 3.27. The van der Waals surface area contributed by atoms with E-state index in [0.29, 0.717) is 0 Å². The minimum absolute atomic E-state index is 0.131. The maximum Gasteiger partial charge on any atom is 0.245 e. The molecule has 2 aromatic heterocycles. The summed E-state index contributed by atoms with van der Waals surface area (Å²) in [6.45, 7) is 0.804. The van der Waals surface area contributed by atoms with Gasteiger partial charge in [-0.05, 0) is 30.7 Å². The molecular formula is C17H18N4O. The third-order valence-corrected chi connectivity index (χ3v) is 4.55. The van der Waals surface area contributed by atoms with Gasteiger partial charge in [0.15, 0.2) is 0 Å². The maximum absolute atomic E-state index is 12.3. The van der Waals surface area contributed by atoms with Crippen LogP contribution in [0.3, 0.4) is 0 Å². The van der Waals surface area contributed by atoms with E-state index in [1.807, 2.05) is 24.9 Å². The van der Waals surface area contributed by atoms with Crippen LogP contribution < -0.4 is 0 Å². The zero-order valence-electron chi connectivity index (χ0n) is 12.7. The van der Waals surface area contributed by atoms with Crippen molar-refractivity contribution < 1.29 is 4.79 Å². The molecule has 112 valence electrons. The lowest BCUT2D eigenvalue weighted by molar-refractivity contribution is -0.129. The first-order valence-corrected chi connectivity index (χ1v) is 7.48. The highest BCUT2D eigenvalue weighted by atomic mass is 16.2. The zero-order chi connectivity index (χ0) is 15.3. The van der Waals surface area contributed by atoms with Gasteiger partial charge in [-0.2, -0.15) is 0 Å². The Labute approximate surface area is 128 Å². The number of likely N-dealkylation sites (tertiary alicyclic amines) is 1. The van der Waals surface area contributed by atoms with Gasteiger partial charge in [0.1, 0.15) is 11.9 Å². The van der Waals surface area contributed by atoms with Gasteiger partial charge in [-0.1, -0.05) is 0 Å². The number of aryl methyl sites for hydroxylation is 1. The van der Waals surface area contributed by atoms with E-state index in [-0.39, 0.29) is 11.9 Å². The second-order valence-corrected chi connectivity index (χ2v) is 5.92. The van der Waals surface area contributed by atoms with E-state index in [4.69, 9.17) is 0 Å². The van der Waals surface area contributed by atoms with Crippen molar-refractivity contribution in [3.05, 3.63) is 42.9 Å². The molecule has 1 saturated heterocycles. The van der Waals surface area contributed by atoms with Gasteiger partial charge < -0.3 is 14.0 Å². The van der Waals surface area contributed by atoms with Crippen LogP contribution >= 0.6 is 0 Å². The molecule has 3 aromatic rings. The molecule has 22 heavy (non-hydrogen) atoms. The second-order valence-electron chi connectivity index (χ2n) is 5.92. The number of carbonyl (C=O) groups excluding carboxylic acids is 1. The number of aromatic nitrogens is 3. The molecule has 0 saturated carbocycles. The minimum Gasteiger partial charge on any atom is -0.351 e. The van der Waals surface area contributed by atoms with Crippen LogP contribution in [0.25, 0.3) is 22.3 Å². The number of amides is 1. The van der Waals surface area contributed by atoms with Crippen molar-refractivity contribution in [1.29, 1.82) is 0 Å². The summed E-state index contributed by atoms with van der Waals surface area (Å²) in [6, 6.07) is 8.28. The first-order valence-electron chi connectivity index (χ1n) is 7.48. The third kappa shape index (κ3) is 1.85. The molecule has 0 aliphatic carbocycles. The van der Waals surface area contributed by atoms with E-state index in [9.17, 15) is 4.79 Å². The molecule has 4 rings (SSSR count). The van der Waals surface area contributed by atoms with Gasteiger partial charge in [-0.25, -0.2) is 4.98 Å². The molecule has 0 bridgehead atoms. The van der Waals surface area contributed by atoms with Crippen molar-refractivity contribution in [1.82, 2.24) is 19.0 Å². The Kier molecular flexibility index (Phi) is 2.82. The Morgan fingerprint density at radius 3 is 2.82 bits per heavy atom. The molecule has 3 heterocycles. The van der Waals surface area contributed by atoms with Crippen molar-refractivity contribution in [2.75, 3.05) is 13.6 Å². The van der Waals surface area contributed by atoms with Crippen LogP contribution in [0.4, 0.5) is 0 Å². The highest BCUT2D eigenvalue weighted by Crippen LogP contribution is 2.29. The van der Waals surface area contributed by atoms with Crippen LogP contribution in [0.1, 0.15) is 12.5 Å². The Bertz CT molecular complexity index is 861. The fraction of sp³-hybridized carbons (Fsp3) is 0.294. The number of carbonyl (C=O) groups is 1. The highest BCUT2D eigenvalue weighted by Gasteiger charge is 2.31. The van der Waals surface area contributed by atoms with E-state index in [1.54, 1.807) is 11.1 Å². The van der Waals surface area contributed by atoms with Crippen LogP contribution in [0.2, 0.25) is 0 Å². The van der Waals surface area contributed by atoms with E-state index < -0.39 is 0 Å². The summed E-state index contributed by atoms with van der Waals surface area (Å²) in [5.74, 6) is 1.03. The average Bonchev–Trinajstić information content (AvgIpc) is 3.21. The number of hydrogen-bond acceptors (Lipinski definition) is 2. The molecule has 1 atom stereocenters. The smallest absolute Gasteiger partial charge is 0.245 e. The van der Waals surface area contributed by atoms with Crippen molar-refractivity contribution in [2.45, 2.75) is 12.5 Å². The van der Waals surface area contributed by atoms with Gasteiger partial charge in [0.25, 0.3) is 0 Å². The first kappa shape index (κ1) is 13.1. The summed E-state index contributed by atoms with van der Waals surface area (Å²) in [6.07, 6.45) is 6.57. The topological polar surface area (TPSA) is 43.1 Å². The molecule has 0 radical (unpaired) electrons. The molecule has 0 spiro atoms. The van der Waals surface area contributed by atoms with Crippen LogP contribution in [0, 0.1) is 0 Å². The van der Waals surface area contributed by atoms with Crippen molar-refractivity contribution in [2.24, 2.45) is 7.05 Å². The lowest BCUT2D eigenvalue weighted by atomic mass is 10.1. The Balaban J connectivity index is 1.79. The number of fused-ring (bicyclic) bond motifs is 1. The van der Waals surface area contributed by atoms with Gasteiger partial charge in [-0.3, -0.25) is 4.79 Å². The lowest BCUT2D eigenvalue weighted by Gasteiger charge is -2.15. The largest absolute Gasteiger partial charge is 0.351 e. The number of rotatable bonds is 2. The van der Waals surface area contributed by atoms with Gasteiger partial charge in [0, 0.05) is 55.7 Å². The minimum atomic E-state index is -0.131. The molecule has 5 nitrogen and oxygen atoms in total. The van der Waals surface area contributed by atoms with E-state index in [1.165, 1.54) is 10.9 Å². The van der Waals surface area contributed by atoms with Gasteiger partial charge >= 0.3 is 0 Å². The Morgan fingerprint density at radius 1 is 1.18 bits per heavy atom. The van der Waals surface area contributed by atoms with Crippen molar-refractivity contribution >= 4 is 16.8 Å². The Hall–Kier alpha value is -2.56. The molecule has 5 heteroatoms. The number of nitrogens with zero attached hydrogens (tertiary/aromatic N) is 4. The number of imidazole rings is 1. The summed E-state index contributed by atoms with van der Waals surface area (Å²) in [5, 5.41) is 1.18. The molecular weight excluding hydrogens is 276 g/mol. The number of benzene rings is 1. The first-order chi connectivity index (χ1) is 10.6. The zero-order valence-corrected chi connectivity index (χ0v) is 12.7. The predicted molar refractivity (Wildman–Crippen MR) is 85.4 cm³/mol. The van der Waals surface area contributed by atoms with E-state index >= 15 is 0 Å². The van der Waals surface area contributed by atoms with Gasteiger partial charge in [0.2, 0.25) is 5.91 Å². The second kappa shape index (κ2) is 4.73. The predicted octanol–water partition coefficient (Wildman–Crippen LogP) is 2.45. The van der Waals surface area contributed by atoms with Crippen molar-refractivity contribution in [3.63, 3.8) is 0 Å². The van der Waals surface area contributed by atoms with Crippen LogP contribution in [0.15, 0.2) is 42.9 Å². The van der Waals surface area contributed by atoms with Gasteiger partial charge in [0.05, 0.1) is 0 Å². The summed E-state index contributed by atoms with van der Waals surface area (Å²) in [5.41, 5.74) is 2.24. The molecule has 0 N–H and O–H groups in total. The molecule has 1 aromatic carbocycles. The molecule has 1 fully saturated rings. The normalized spacial score (nSPS) is 18.5. The van der Waals surface area contributed by atoms with Crippen LogP contribution in [-0.2, 0) is 11.8 Å². The number of likely N-dealkylation sites (N-methyl/N-ethyl adjacent to an activating group) is 1. The summed E-state index contributed by atoms with van der Waals surface area (Å²) in [4.78, 5) is 18.6. The van der Waals surface area contributed by atoms with E-state index in [0.717, 1.165) is 24.4 Å². The fourth-order valence-electron chi connectivity index (χ4n) is 3.27. The quantitative estimate of drug-likeness (QED) is 0.728. The lowest BCUT2D eigenvalue weighted by Crippen LogP contribution is -2.24. The maximum atomic E-state index is 12.3. The average molecular weight is 294 g/mol. The SMILES string of the molecule is CN1CCC(n2ccnc2-c2ccc3c(ccn3C)c2)C1=O. The van der Waals surface area contributed by atoms with Crippen LogP contribution in [-0.4, -0.2) is 38.5 Å². The van der Waals surface area contributed by atoms with E-state index in [2.05, 4.69) is 40.0 Å².